The molecule has 7 heteroatoms. The molecule has 3 fully saturated rings. The first-order valence-electron chi connectivity index (χ1n) is 10.5. The molecule has 7 nitrogen and oxygen atoms in total. The van der Waals surface area contributed by atoms with Gasteiger partial charge < -0.3 is 19.8 Å². The van der Waals surface area contributed by atoms with E-state index < -0.39 is 0 Å². The number of rotatable bonds is 5. The Balaban J connectivity index is 1.32. The summed E-state index contributed by atoms with van der Waals surface area (Å²) in [6, 6.07) is 10.2. The molecule has 28 heavy (non-hydrogen) atoms. The molecule has 1 aromatic rings. The minimum Gasteiger partial charge on any atom is -0.396 e. The summed E-state index contributed by atoms with van der Waals surface area (Å²) < 4.78 is 0. The number of likely N-dealkylation sites (N-methyl/N-ethyl adjacent to an activating group) is 1. The number of carbonyl (C=O) groups is 1. The van der Waals surface area contributed by atoms with E-state index in [4.69, 9.17) is 0 Å². The largest absolute Gasteiger partial charge is 0.396 e. The topological polar surface area (TPSA) is 71.1 Å². The Morgan fingerprint density at radius 3 is 2.50 bits per heavy atom. The number of piperazine rings is 1. The monoisotopic (exact) mass is 387 g/mol. The standard InChI is InChI=1S/C21H33N5O2/c1-24-7-9-25(10-8-24)12-17-13-26(14-18(17)15-27)21(28)20-11-19(22-23-20)16-5-3-2-4-6-16/h2-6,17-20,22-23,27H,7-15H2,1H3/t17-,18-,19?,20?/m1/s1. The van der Waals surface area contributed by atoms with Crippen molar-refractivity contribution in [2.75, 3.05) is 59.5 Å². The Morgan fingerprint density at radius 2 is 1.79 bits per heavy atom. The van der Waals surface area contributed by atoms with Gasteiger partial charge in [0.25, 0.3) is 0 Å². The zero-order chi connectivity index (χ0) is 19.5. The predicted molar refractivity (Wildman–Crippen MR) is 108 cm³/mol. The quantitative estimate of drug-likeness (QED) is 0.656. The third-order valence-corrected chi connectivity index (χ3v) is 6.61. The molecule has 0 saturated carbocycles. The first-order chi connectivity index (χ1) is 13.6. The molecule has 3 N–H and O–H groups in total. The van der Waals surface area contributed by atoms with Crippen molar-refractivity contribution in [3.8, 4) is 0 Å². The summed E-state index contributed by atoms with van der Waals surface area (Å²) >= 11 is 0. The van der Waals surface area contributed by atoms with Crippen LogP contribution in [0.3, 0.4) is 0 Å². The van der Waals surface area contributed by atoms with Gasteiger partial charge in [0.15, 0.2) is 0 Å². The summed E-state index contributed by atoms with van der Waals surface area (Å²) in [5.41, 5.74) is 7.67. The normalized spacial score (nSPS) is 32.1. The summed E-state index contributed by atoms with van der Waals surface area (Å²) in [6.45, 7) is 6.90. The second kappa shape index (κ2) is 8.88. The lowest BCUT2D eigenvalue weighted by atomic mass is 9.96. The fourth-order valence-corrected chi connectivity index (χ4v) is 4.74. The average Bonchev–Trinajstić information content (AvgIpc) is 3.37. The molecule has 1 aromatic carbocycles. The smallest absolute Gasteiger partial charge is 0.241 e. The molecule has 2 unspecified atom stereocenters. The van der Waals surface area contributed by atoms with Gasteiger partial charge in [0.2, 0.25) is 5.91 Å². The van der Waals surface area contributed by atoms with E-state index in [1.54, 1.807) is 0 Å². The third-order valence-electron chi connectivity index (χ3n) is 6.61. The van der Waals surface area contributed by atoms with Crippen LogP contribution < -0.4 is 10.9 Å². The van der Waals surface area contributed by atoms with Gasteiger partial charge in [0, 0.05) is 64.4 Å². The highest BCUT2D eigenvalue weighted by Gasteiger charge is 2.40. The van der Waals surface area contributed by atoms with Crippen molar-refractivity contribution in [3.05, 3.63) is 35.9 Å². The molecule has 3 saturated heterocycles. The van der Waals surface area contributed by atoms with E-state index in [1.807, 2.05) is 23.1 Å². The molecule has 3 aliphatic rings. The number of benzene rings is 1. The summed E-state index contributed by atoms with van der Waals surface area (Å²) in [6.07, 6.45) is 0.756. The van der Waals surface area contributed by atoms with Gasteiger partial charge >= 0.3 is 0 Å². The number of hydrogen-bond acceptors (Lipinski definition) is 6. The highest BCUT2D eigenvalue weighted by molar-refractivity contribution is 5.82. The molecule has 154 valence electrons. The molecular weight excluding hydrogens is 354 g/mol. The van der Waals surface area contributed by atoms with Crippen LogP contribution in [-0.4, -0.2) is 91.2 Å². The minimum absolute atomic E-state index is 0.158. The maximum absolute atomic E-state index is 13.1. The van der Waals surface area contributed by atoms with Crippen LogP contribution in [0.25, 0.3) is 0 Å². The van der Waals surface area contributed by atoms with Crippen molar-refractivity contribution in [2.45, 2.75) is 18.5 Å². The number of nitrogens with zero attached hydrogens (tertiary/aromatic N) is 3. The van der Waals surface area contributed by atoms with Crippen LogP contribution in [0.1, 0.15) is 18.0 Å². The third kappa shape index (κ3) is 4.39. The van der Waals surface area contributed by atoms with Crippen LogP contribution in [0, 0.1) is 11.8 Å². The van der Waals surface area contributed by atoms with E-state index in [9.17, 15) is 9.90 Å². The van der Waals surface area contributed by atoms with Crippen LogP contribution in [0.4, 0.5) is 0 Å². The summed E-state index contributed by atoms with van der Waals surface area (Å²) in [5.74, 6) is 0.699. The number of aliphatic hydroxyl groups excluding tert-OH is 1. The van der Waals surface area contributed by atoms with Gasteiger partial charge in [0.05, 0.1) is 0 Å². The summed E-state index contributed by atoms with van der Waals surface area (Å²) in [5, 5.41) is 9.87. The molecule has 0 bridgehead atoms. The number of nitrogens with one attached hydrogen (secondary N) is 2. The van der Waals surface area contributed by atoms with E-state index in [-0.39, 0.29) is 30.5 Å². The Hall–Kier alpha value is -1.51. The van der Waals surface area contributed by atoms with Gasteiger partial charge in [0.1, 0.15) is 6.04 Å². The van der Waals surface area contributed by atoms with Gasteiger partial charge in [-0.15, -0.1) is 0 Å². The second-order valence-corrected chi connectivity index (χ2v) is 8.59. The number of aliphatic hydroxyl groups is 1. The molecule has 0 aromatic heterocycles. The van der Waals surface area contributed by atoms with Crippen LogP contribution in [0.15, 0.2) is 30.3 Å². The number of carbonyl (C=O) groups excluding carboxylic acids is 1. The zero-order valence-electron chi connectivity index (χ0n) is 16.8. The fraction of sp³-hybridized carbons (Fsp3) is 0.667. The van der Waals surface area contributed by atoms with E-state index in [1.165, 1.54) is 5.56 Å². The first-order valence-corrected chi connectivity index (χ1v) is 10.5. The van der Waals surface area contributed by atoms with Gasteiger partial charge in [-0.25, -0.2) is 10.9 Å². The maximum atomic E-state index is 13.1. The zero-order valence-corrected chi connectivity index (χ0v) is 16.8. The molecule has 1 amide bonds. The summed E-state index contributed by atoms with van der Waals surface area (Å²) in [7, 11) is 2.16. The van der Waals surface area contributed by atoms with Crippen molar-refractivity contribution >= 4 is 5.91 Å². The lowest BCUT2D eigenvalue weighted by molar-refractivity contribution is -0.132. The van der Waals surface area contributed by atoms with Crippen LogP contribution >= 0.6 is 0 Å². The molecule has 0 radical (unpaired) electrons. The highest BCUT2D eigenvalue weighted by atomic mass is 16.3. The Morgan fingerprint density at radius 1 is 1.07 bits per heavy atom. The SMILES string of the molecule is CN1CCN(C[C@@H]2CN(C(=O)C3CC(c4ccccc4)NN3)C[C@@H]2CO)CC1. The van der Waals surface area contributed by atoms with Crippen molar-refractivity contribution in [3.63, 3.8) is 0 Å². The first kappa shape index (κ1) is 19.8. The summed E-state index contributed by atoms with van der Waals surface area (Å²) in [4.78, 5) is 19.9. The van der Waals surface area contributed by atoms with E-state index in [0.29, 0.717) is 12.5 Å². The van der Waals surface area contributed by atoms with Crippen molar-refractivity contribution in [2.24, 2.45) is 11.8 Å². The predicted octanol–water partition coefficient (Wildman–Crippen LogP) is -0.0915. The average molecular weight is 388 g/mol. The molecule has 3 heterocycles. The molecule has 4 rings (SSSR count). The van der Waals surface area contributed by atoms with Crippen molar-refractivity contribution in [1.29, 1.82) is 0 Å². The molecule has 4 atom stereocenters. The van der Waals surface area contributed by atoms with Gasteiger partial charge in [-0.1, -0.05) is 30.3 Å². The molecular formula is C21H33N5O2. The van der Waals surface area contributed by atoms with E-state index in [2.05, 4.69) is 39.8 Å². The highest BCUT2D eigenvalue weighted by Crippen LogP contribution is 2.28. The maximum Gasteiger partial charge on any atom is 0.241 e. The molecule has 0 aliphatic carbocycles. The van der Waals surface area contributed by atoms with Crippen LogP contribution in [0.2, 0.25) is 0 Å². The molecule has 0 spiro atoms. The number of likely N-dealkylation sites (tertiary alicyclic amines) is 1. The van der Waals surface area contributed by atoms with Gasteiger partial charge in [-0.2, -0.15) is 0 Å². The Bertz CT molecular complexity index is 649. The van der Waals surface area contributed by atoms with E-state index >= 15 is 0 Å². The number of hydrazine groups is 1. The fourth-order valence-electron chi connectivity index (χ4n) is 4.74. The van der Waals surface area contributed by atoms with Crippen molar-refractivity contribution < 1.29 is 9.90 Å². The number of amides is 1. The van der Waals surface area contributed by atoms with Crippen LogP contribution in [-0.2, 0) is 4.79 Å². The van der Waals surface area contributed by atoms with Crippen molar-refractivity contribution in [1.82, 2.24) is 25.6 Å². The number of hydrogen-bond donors (Lipinski definition) is 3. The molecule has 3 aliphatic heterocycles. The Labute approximate surface area is 167 Å². The lowest BCUT2D eigenvalue weighted by Gasteiger charge is -2.34. The minimum atomic E-state index is -0.202. The second-order valence-electron chi connectivity index (χ2n) is 8.59. The van der Waals surface area contributed by atoms with E-state index in [0.717, 1.165) is 45.7 Å². The Kier molecular flexibility index (Phi) is 6.28. The van der Waals surface area contributed by atoms with Gasteiger partial charge in [-0.3, -0.25) is 4.79 Å². The van der Waals surface area contributed by atoms with Crippen LogP contribution in [0.5, 0.6) is 0 Å². The van der Waals surface area contributed by atoms with Gasteiger partial charge in [-0.05, 0) is 24.9 Å². The lowest BCUT2D eigenvalue weighted by Crippen LogP contribution is -2.47.